The summed E-state index contributed by atoms with van der Waals surface area (Å²) in [7, 11) is -3.20. The van der Waals surface area contributed by atoms with Crippen LogP contribution in [0.1, 0.15) is 48.7 Å². The van der Waals surface area contributed by atoms with Gasteiger partial charge in [-0.3, -0.25) is 4.79 Å². The van der Waals surface area contributed by atoms with Crippen molar-refractivity contribution in [3.8, 4) is 0 Å². The van der Waals surface area contributed by atoms with Crippen LogP contribution in [-0.2, 0) is 10.0 Å². The number of aromatic amines is 1. The Morgan fingerprint density at radius 3 is 2.81 bits per heavy atom. The first-order valence-corrected chi connectivity index (χ1v) is 11.0. The zero-order valence-electron chi connectivity index (χ0n) is 15.6. The molecule has 1 aliphatic heterocycles. The summed E-state index contributed by atoms with van der Waals surface area (Å²) in [5, 5.41) is 1.03. The Bertz CT molecular complexity index is 902. The predicted octanol–water partition coefficient (Wildman–Crippen LogP) is 2.69. The topological polar surface area (TPSA) is 82.3 Å². The molecular weight excluding hydrogens is 350 g/mol. The van der Waals surface area contributed by atoms with Gasteiger partial charge in [-0.1, -0.05) is 26.0 Å². The van der Waals surface area contributed by atoms with Gasteiger partial charge < -0.3 is 9.88 Å². The average molecular weight is 378 g/mol. The van der Waals surface area contributed by atoms with Gasteiger partial charge in [0, 0.05) is 30.5 Å². The first-order valence-electron chi connectivity index (χ1n) is 9.09. The quantitative estimate of drug-likeness (QED) is 0.840. The fourth-order valence-corrected chi connectivity index (χ4v) is 4.01. The molecule has 6 nitrogen and oxygen atoms in total. The van der Waals surface area contributed by atoms with Gasteiger partial charge in [-0.15, -0.1) is 0 Å². The number of amides is 1. The Balaban J connectivity index is 1.72. The molecule has 1 fully saturated rings. The van der Waals surface area contributed by atoms with Crippen molar-refractivity contribution in [1.29, 1.82) is 0 Å². The third-order valence-corrected chi connectivity index (χ3v) is 5.68. The standard InChI is InChI=1S/C19H27N3O3S/c1-13(2)15-6-7-16-10-18(21-17(16)9-15)19(23)22-8-4-5-14(12-22)11-20-26(3,24)25/h6-7,9-10,13-14,20-21H,4-5,8,11-12H2,1-3H3/t14-/m0/s1. The molecule has 0 radical (unpaired) electrons. The highest BCUT2D eigenvalue weighted by molar-refractivity contribution is 7.88. The van der Waals surface area contributed by atoms with Gasteiger partial charge in [0.05, 0.1) is 6.26 Å². The number of nitrogens with zero attached hydrogens (tertiary/aromatic N) is 1. The van der Waals surface area contributed by atoms with Gasteiger partial charge in [-0.25, -0.2) is 13.1 Å². The van der Waals surface area contributed by atoms with Crippen LogP contribution in [-0.4, -0.2) is 50.1 Å². The third kappa shape index (κ3) is 4.45. The number of hydrogen-bond donors (Lipinski definition) is 2. The van der Waals surface area contributed by atoms with E-state index in [1.165, 1.54) is 5.56 Å². The zero-order chi connectivity index (χ0) is 18.9. The van der Waals surface area contributed by atoms with Crippen LogP contribution in [0.15, 0.2) is 24.3 Å². The fraction of sp³-hybridized carbons (Fsp3) is 0.526. The normalized spacial score (nSPS) is 18.6. The Hall–Kier alpha value is -1.86. The molecule has 0 spiro atoms. The van der Waals surface area contributed by atoms with Crippen molar-refractivity contribution in [2.24, 2.45) is 5.92 Å². The maximum atomic E-state index is 12.9. The third-order valence-electron chi connectivity index (χ3n) is 4.98. The van der Waals surface area contributed by atoms with Gasteiger partial charge in [0.25, 0.3) is 5.91 Å². The van der Waals surface area contributed by atoms with E-state index < -0.39 is 10.0 Å². The summed E-state index contributed by atoms with van der Waals surface area (Å²) in [6.07, 6.45) is 2.98. The van der Waals surface area contributed by atoms with Crippen LogP contribution >= 0.6 is 0 Å². The smallest absolute Gasteiger partial charge is 0.270 e. The van der Waals surface area contributed by atoms with Gasteiger partial charge in [0.15, 0.2) is 0 Å². The Morgan fingerprint density at radius 2 is 2.12 bits per heavy atom. The molecule has 26 heavy (non-hydrogen) atoms. The van der Waals surface area contributed by atoms with Gasteiger partial charge in [0.2, 0.25) is 10.0 Å². The van der Waals surface area contributed by atoms with Crippen LogP contribution in [0.3, 0.4) is 0 Å². The molecule has 0 unspecified atom stereocenters. The first kappa shape index (κ1) is 18.9. The van der Waals surface area contributed by atoms with Crippen LogP contribution in [0.4, 0.5) is 0 Å². The number of carbonyl (C=O) groups excluding carboxylic acids is 1. The SMILES string of the molecule is CC(C)c1ccc2cc(C(=O)N3CCC[C@@H](CNS(C)(=O)=O)C3)[nH]c2c1. The summed E-state index contributed by atoms with van der Waals surface area (Å²) >= 11 is 0. The molecule has 3 rings (SSSR count). The molecular formula is C19H27N3O3S. The van der Waals surface area contributed by atoms with Gasteiger partial charge in [0.1, 0.15) is 5.69 Å². The van der Waals surface area contributed by atoms with Crippen molar-refractivity contribution in [2.75, 3.05) is 25.9 Å². The van der Waals surface area contributed by atoms with E-state index in [1.807, 2.05) is 17.0 Å². The van der Waals surface area contributed by atoms with Crippen LogP contribution in [0.25, 0.3) is 10.9 Å². The fourth-order valence-electron chi connectivity index (χ4n) is 3.47. The minimum Gasteiger partial charge on any atom is -0.351 e. The summed E-state index contributed by atoms with van der Waals surface area (Å²) in [5.41, 5.74) is 2.81. The highest BCUT2D eigenvalue weighted by Gasteiger charge is 2.26. The number of piperidine rings is 1. The van der Waals surface area contributed by atoms with Crippen molar-refractivity contribution in [3.05, 3.63) is 35.5 Å². The second kappa shape index (κ2) is 7.40. The lowest BCUT2D eigenvalue weighted by Crippen LogP contribution is -2.43. The van der Waals surface area contributed by atoms with Crippen molar-refractivity contribution in [3.63, 3.8) is 0 Å². The second-order valence-electron chi connectivity index (χ2n) is 7.56. The Labute approximate surface area is 155 Å². The molecule has 7 heteroatoms. The second-order valence-corrected chi connectivity index (χ2v) is 9.40. The maximum Gasteiger partial charge on any atom is 0.270 e. The lowest BCUT2D eigenvalue weighted by atomic mass is 9.98. The predicted molar refractivity (Wildman–Crippen MR) is 104 cm³/mol. The summed E-state index contributed by atoms with van der Waals surface area (Å²) < 4.78 is 25.1. The molecule has 1 aliphatic rings. The van der Waals surface area contributed by atoms with Gasteiger partial charge in [-0.2, -0.15) is 0 Å². The summed E-state index contributed by atoms with van der Waals surface area (Å²) in [5.74, 6) is 0.572. The lowest BCUT2D eigenvalue weighted by Gasteiger charge is -2.32. The average Bonchev–Trinajstić information content (AvgIpc) is 3.02. The molecule has 2 N–H and O–H groups in total. The van der Waals surface area contributed by atoms with E-state index in [1.54, 1.807) is 0 Å². The molecule has 2 heterocycles. The van der Waals surface area contributed by atoms with E-state index in [2.05, 4.69) is 35.7 Å². The monoisotopic (exact) mass is 377 g/mol. The summed E-state index contributed by atoms with van der Waals surface area (Å²) in [4.78, 5) is 18.0. The van der Waals surface area contributed by atoms with E-state index in [9.17, 15) is 13.2 Å². The van der Waals surface area contributed by atoms with Crippen LogP contribution in [0.2, 0.25) is 0 Å². The highest BCUT2D eigenvalue weighted by Crippen LogP contribution is 2.24. The lowest BCUT2D eigenvalue weighted by molar-refractivity contribution is 0.0671. The zero-order valence-corrected chi connectivity index (χ0v) is 16.4. The molecule has 142 valence electrons. The van der Waals surface area contributed by atoms with Crippen LogP contribution < -0.4 is 4.72 Å². The first-order chi connectivity index (χ1) is 12.2. The van der Waals surface area contributed by atoms with Crippen LogP contribution in [0.5, 0.6) is 0 Å². The number of rotatable bonds is 5. The molecule has 0 bridgehead atoms. The number of sulfonamides is 1. The highest BCUT2D eigenvalue weighted by atomic mass is 32.2. The molecule has 1 amide bonds. The van der Waals surface area contributed by atoms with Crippen molar-refractivity contribution in [1.82, 2.24) is 14.6 Å². The van der Waals surface area contributed by atoms with Gasteiger partial charge >= 0.3 is 0 Å². The van der Waals surface area contributed by atoms with Gasteiger partial charge in [-0.05, 0) is 42.4 Å². The van der Waals surface area contributed by atoms with Crippen molar-refractivity contribution in [2.45, 2.75) is 32.6 Å². The maximum absolute atomic E-state index is 12.9. The number of fused-ring (bicyclic) bond motifs is 1. The number of likely N-dealkylation sites (tertiary alicyclic amines) is 1. The number of aromatic nitrogens is 1. The van der Waals surface area contributed by atoms with E-state index in [4.69, 9.17) is 0 Å². The number of benzene rings is 1. The van der Waals surface area contributed by atoms with Crippen molar-refractivity contribution < 1.29 is 13.2 Å². The molecule has 1 aromatic carbocycles. The molecule has 0 aliphatic carbocycles. The Kier molecular flexibility index (Phi) is 5.39. The molecule has 1 atom stereocenters. The van der Waals surface area contributed by atoms with Crippen molar-refractivity contribution >= 4 is 26.8 Å². The van der Waals surface area contributed by atoms with E-state index in [0.717, 1.165) is 30.0 Å². The minimum absolute atomic E-state index is 0.0173. The van der Waals surface area contributed by atoms with E-state index in [0.29, 0.717) is 31.2 Å². The number of carbonyl (C=O) groups is 1. The number of hydrogen-bond acceptors (Lipinski definition) is 3. The minimum atomic E-state index is -3.20. The van der Waals surface area contributed by atoms with E-state index in [-0.39, 0.29) is 11.8 Å². The van der Waals surface area contributed by atoms with Crippen LogP contribution in [0, 0.1) is 5.92 Å². The number of nitrogens with one attached hydrogen (secondary N) is 2. The molecule has 1 aromatic heterocycles. The molecule has 1 saturated heterocycles. The number of H-pyrrole nitrogens is 1. The van der Waals surface area contributed by atoms with E-state index >= 15 is 0 Å². The molecule has 0 saturated carbocycles. The molecule has 2 aromatic rings. The summed E-state index contributed by atoms with van der Waals surface area (Å²) in [6, 6.07) is 8.15. The summed E-state index contributed by atoms with van der Waals surface area (Å²) in [6.45, 7) is 5.96. The largest absolute Gasteiger partial charge is 0.351 e. The Morgan fingerprint density at radius 1 is 1.35 bits per heavy atom.